The van der Waals surface area contributed by atoms with Crippen molar-refractivity contribution in [3.63, 3.8) is 0 Å². The third-order valence-electron chi connectivity index (χ3n) is 2.09. The van der Waals surface area contributed by atoms with Gasteiger partial charge in [0.1, 0.15) is 0 Å². The molecule has 2 atom stereocenters. The first-order valence-electron chi connectivity index (χ1n) is 4.74. The summed E-state index contributed by atoms with van der Waals surface area (Å²) in [6.45, 7) is 6.77. The van der Waals surface area contributed by atoms with Gasteiger partial charge in [0.2, 0.25) is 0 Å². The minimum absolute atomic E-state index is 0.0336. The van der Waals surface area contributed by atoms with Crippen LogP contribution in [0.1, 0.15) is 33.6 Å². The Morgan fingerprint density at radius 3 is 2.85 bits per heavy atom. The Hall–Kier alpha value is -0.590. The maximum atomic E-state index is 8.49. The van der Waals surface area contributed by atoms with E-state index in [2.05, 4.69) is 19.9 Å². The Balaban J connectivity index is 2.42. The summed E-state index contributed by atoms with van der Waals surface area (Å²) in [7, 11) is 0. The summed E-state index contributed by atoms with van der Waals surface area (Å²) < 4.78 is 11.2. The number of hydrogen-bond donors (Lipinski definition) is 0. The summed E-state index contributed by atoms with van der Waals surface area (Å²) in [5, 5.41) is 8.49. The Kier molecular flexibility index (Phi) is 3.29. The van der Waals surface area contributed by atoms with Crippen LogP contribution in [0, 0.1) is 17.2 Å². The van der Waals surface area contributed by atoms with Crippen LogP contribution in [0.15, 0.2) is 0 Å². The second-order valence-electron chi connectivity index (χ2n) is 4.14. The number of ether oxygens (including phenoxy) is 2. The van der Waals surface area contributed by atoms with Crippen LogP contribution in [0.4, 0.5) is 0 Å². The van der Waals surface area contributed by atoms with Gasteiger partial charge in [0.15, 0.2) is 5.79 Å². The molecule has 0 radical (unpaired) electrons. The zero-order valence-corrected chi connectivity index (χ0v) is 8.54. The second-order valence-corrected chi connectivity index (χ2v) is 4.14. The lowest BCUT2D eigenvalue weighted by atomic mass is 10.0. The summed E-state index contributed by atoms with van der Waals surface area (Å²) in [5.74, 6) is 0.0845. The van der Waals surface area contributed by atoms with Gasteiger partial charge in [0.25, 0.3) is 0 Å². The van der Waals surface area contributed by atoms with Gasteiger partial charge >= 0.3 is 0 Å². The molecular formula is C10H17NO2. The highest BCUT2D eigenvalue weighted by Crippen LogP contribution is 2.30. The van der Waals surface area contributed by atoms with Crippen LogP contribution in [0.25, 0.3) is 0 Å². The number of hydrogen-bond acceptors (Lipinski definition) is 3. The van der Waals surface area contributed by atoms with Gasteiger partial charge < -0.3 is 9.47 Å². The summed E-state index contributed by atoms with van der Waals surface area (Å²) in [5.41, 5.74) is 0. The molecule has 74 valence electrons. The zero-order chi connectivity index (χ0) is 9.90. The van der Waals surface area contributed by atoms with E-state index in [9.17, 15) is 0 Å². The molecule has 13 heavy (non-hydrogen) atoms. The van der Waals surface area contributed by atoms with E-state index >= 15 is 0 Å². The van der Waals surface area contributed by atoms with Crippen molar-refractivity contribution in [3.8, 4) is 6.07 Å². The molecule has 2 unspecified atom stereocenters. The molecule has 1 aliphatic rings. The molecule has 3 nitrogen and oxygen atoms in total. The van der Waals surface area contributed by atoms with Crippen molar-refractivity contribution in [1.82, 2.24) is 0 Å². The Bertz CT molecular complexity index is 209. The van der Waals surface area contributed by atoms with Crippen LogP contribution < -0.4 is 0 Å². The van der Waals surface area contributed by atoms with Crippen LogP contribution >= 0.6 is 0 Å². The molecule has 1 aliphatic heterocycles. The van der Waals surface area contributed by atoms with Crippen molar-refractivity contribution in [2.24, 2.45) is 5.92 Å². The molecule has 1 fully saturated rings. The molecule has 1 saturated heterocycles. The Morgan fingerprint density at radius 2 is 2.31 bits per heavy atom. The first-order valence-corrected chi connectivity index (χ1v) is 4.74. The molecule has 0 aromatic heterocycles. The van der Waals surface area contributed by atoms with Gasteiger partial charge in [-0.3, -0.25) is 0 Å². The summed E-state index contributed by atoms with van der Waals surface area (Å²) in [6, 6.07) is 2.10. The lowest BCUT2D eigenvalue weighted by molar-refractivity contribution is -0.163. The van der Waals surface area contributed by atoms with E-state index in [0.29, 0.717) is 18.9 Å². The van der Waals surface area contributed by atoms with Crippen LogP contribution in [0.5, 0.6) is 0 Å². The molecular weight excluding hydrogens is 166 g/mol. The van der Waals surface area contributed by atoms with E-state index in [-0.39, 0.29) is 6.10 Å². The average Bonchev–Trinajstić information content (AvgIpc) is 2.31. The number of nitrogens with zero attached hydrogens (tertiary/aromatic N) is 1. The lowest BCUT2D eigenvalue weighted by Gasteiger charge is -2.24. The molecule has 0 bridgehead atoms. The van der Waals surface area contributed by atoms with Crippen LogP contribution in [-0.4, -0.2) is 18.5 Å². The monoisotopic (exact) mass is 183 g/mol. The van der Waals surface area contributed by atoms with Crippen molar-refractivity contribution < 1.29 is 9.47 Å². The van der Waals surface area contributed by atoms with Crippen molar-refractivity contribution in [3.05, 3.63) is 0 Å². The van der Waals surface area contributed by atoms with Crippen molar-refractivity contribution in [2.45, 2.75) is 45.5 Å². The highest BCUT2D eigenvalue weighted by Gasteiger charge is 2.37. The van der Waals surface area contributed by atoms with Gasteiger partial charge in [0, 0.05) is 6.42 Å². The molecule has 0 N–H and O–H groups in total. The minimum atomic E-state index is -0.463. The minimum Gasteiger partial charge on any atom is -0.347 e. The van der Waals surface area contributed by atoms with Gasteiger partial charge in [0.05, 0.1) is 25.2 Å². The fourth-order valence-corrected chi connectivity index (χ4v) is 1.74. The zero-order valence-electron chi connectivity index (χ0n) is 8.54. The standard InChI is InChI=1S/C10H17NO2/c1-8(2)6-10(3)12-7-9(13-10)4-5-11/h8-9H,4,6-7H2,1-3H3. The predicted octanol–water partition coefficient (Wildman–Crippen LogP) is 2.08. The van der Waals surface area contributed by atoms with E-state index in [0.717, 1.165) is 6.42 Å². The van der Waals surface area contributed by atoms with E-state index in [1.165, 1.54) is 0 Å². The third kappa shape index (κ3) is 2.98. The molecule has 0 amide bonds. The van der Waals surface area contributed by atoms with Crippen LogP contribution in [-0.2, 0) is 9.47 Å². The SMILES string of the molecule is CC(C)CC1(C)OCC(CC#N)O1. The Morgan fingerprint density at radius 1 is 1.62 bits per heavy atom. The average molecular weight is 183 g/mol. The van der Waals surface area contributed by atoms with Crippen molar-refractivity contribution in [2.75, 3.05) is 6.61 Å². The smallest absolute Gasteiger partial charge is 0.166 e. The van der Waals surface area contributed by atoms with E-state index in [1.54, 1.807) is 0 Å². The van der Waals surface area contributed by atoms with Gasteiger partial charge in [-0.25, -0.2) is 0 Å². The highest BCUT2D eigenvalue weighted by atomic mass is 16.7. The second kappa shape index (κ2) is 4.08. The maximum absolute atomic E-state index is 8.49. The third-order valence-corrected chi connectivity index (χ3v) is 2.09. The molecule has 0 aliphatic carbocycles. The number of nitriles is 1. The maximum Gasteiger partial charge on any atom is 0.166 e. The molecule has 0 aromatic rings. The number of rotatable bonds is 3. The van der Waals surface area contributed by atoms with Gasteiger partial charge in [-0.15, -0.1) is 0 Å². The summed E-state index contributed by atoms with van der Waals surface area (Å²) in [6.07, 6.45) is 1.27. The predicted molar refractivity (Wildman–Crippen MR) is 48.9 cm³/mol. The van der Waals surface area contributed by atoms with E-state index < -0.39 is 5.79 Å². The van der Waals surface area contributed by atoms with Gasteiger partial charge in [-0.1, -0.05) is 13.8 Å². The first kappa shape index (κ1) is 10.5. The quantitative estimate of drug-likeness (QED) is 0.672. The highest BCUT2D eigenvalue weighted by molar-refractivity contribution is 4.83. The van der Waals surface area contributed by atoms with Crippen LogP contribution in [0.2, 0.25) is 0 Å². The largest absolute Gasteiger partial charge is 0.347 e. The first-order chi connectivity index (χ1) is 6.06. The fraction of sp³-hybridized carbons (Fsp3) is 0.900. The topological polar surface area (TPSA) is 42.2 Å². The van der Waals surface area contributed by atoms with Gasteiger partial charge in [-0.05, 0) is 12.8 Å². The van der Waals surface area contributed by atoms with Gasteiger partial charge in [-0.2, -0.15) is 5.26 Å². The fourth-order valence-electron chi connectivity index (χ4n) is 1.74. The van der Waals surface area contributed by atoms with Crippen molar-refractivity contribution >= 4 is 0 Å². The summed E-state index contributed by atoms with van der Waals surface area (Å²) in [4.78, 5) is 0. The van der Waals surface area contributed by atoms with E-state index in [4.69, 9.17) is 14.7 Å². The summed E-state index contributed by atoms with van der Waals surface area (Å²) >= 11 is 0. The molecule has 1 rings (SSSR count). The van der Waals surface area contributed by atoms with E-state index in [1.807, 2.05) is 6.92 Å². The normalized spacial score (nSPS) is 33.6. The Labute approximate surface area is 79.6 Å². The molecule has 1 heterocycles. The molecule has 0 aromatic carbocycles. The van der Waals surface area contributed by atoms with Crippen molar-refractivity contribution in [1.29, 1.82) is 5.26 Å². The molecule has 3 heteroatoms. The molecule has 0 spiro atoms. The lowest BCUT2D eigenvalue weighted by Crippen LogP contribution is -2.28. The molecule has 0 saturated carbocycles. The van der Waals surface area contributed by atoms with Crippen LogP contribution in [0.3, 0.4) is 0 Å².